The van der Waals surface area contributed by atoms with Crippen molar-refractivity contribution in [2.45, 2.75) is 6.54 Å². The summed E-state index contributed by atoms with van der Waals surface area (Å²) in [4.78, 5) is 4.11. The first-order valence-corrected chi connectivity index (χ1v) is 5.50. The van der Waals surface area contributed by atoms with Gasteiger partial charge in [-0.2, -0.15) is 8.75 Å². The summed E-state index contributed by atoms with van der Waals surface area (Å²) in [6.07, 6.45) is 0. The number of hydrogen-bond acceptors (Lipinski definition) is 6. The zero-order valence-corrected chi connectivity index (χ0v) is 8.79. The van der Waals surface area contributed by atoms with Crippen molar-refractivity contribution in [3.63, 3.8) is 0 Å². The van der Waals surface area contributed by atoms with Crippen molar-refractivity contribution < 1.29 is 0 Å². The van der Waals surface area contributed by atoms with Gasteiger partial charge in [0.15, 0.2) is 11.0 Å². The standard InChI is InChI=1S/C6H5ClN4S2/c7-5-6(11-13-10-5)8-1-4-2-12-3-9-4/h2-3H,1H2,(H,8,11). The van der Waals surface area contributed by atoms with Gasteiger partial charge in [0.25, 0.3) is 0 Å². The zero-order chi connectivity index (χ0) is 9.10. The predicted octanol–water partition coefficient (Wildman–Crippen LogP) is 2.26. The molecule has 7 heteroatoms. The van der Waals surface area contributed by atoms with E-state index in [-0.39, 0.29) is 0 Å². The Kier molecular flexibility index (Phi) is 2.72. The average Bonchev–Trinajstić information content (AvgIpc) is 2.72. The van der Waals surface area contributed by atoms with Crippen LogP contribution in [0.1, 0.15) is 5.69 Å². The van der Waals surface area contributed by atoms with Crippen LogP contribution in [0.3, 0.4) is 0 Å². The van der Waals surface area contributed by atoms with E-state index in [9.17, 15) is 0 Å². The van der Waals surface area contributed by atoms with Crippen molar-refractivity contribution in [3.8, 4) is 0 Å². The lowest BCUT2D eigenvalue weighted by molar-refractivity contribution is 1.06. The molecule has 0 saturated carbocycles. The molecule has 0 aliphatic heterocycles. The molecule has 0 aromatic carbocycles. The highest BCUT2D eigenvalue weighted by Gasteiger charge is 2.04. The summed E-state index contributed by atoms with van der Waals surface area (Å²) in [5.41, 5.74) is 2.77. The Labute approximate surface area is 87.9 Å². The molecule has 1 N–H and O–H groups in total. The Morgan fingerprint density at radius 1 is 1.46 bits per heavy atom. The number of thiazole rings is 1. The lowest BCUT2D eigenvalue weighted by Crippen LogP contribution is -1.99. The molecule has 0 atom stereocenters. The number of nitrogens with one attached hydrogen (secondary N) is 1. The van der Waals surface area contributed by atoms with E-state index in [2.05, 4.69) is 19.0 Å². The molecule has 0 amide bonds. The van der Waals surface area contributed by atoms with E-state index in [0.29, 0.717) is 17.5 Å². The maximum Gasteiger partial charge on any atom is 0.186 e. The third kappa shape index (κ3) is 2.15. The van der Waals surface area contributed by atoms with Crippen molar-refractivity contribution in [2.75, 3.05) is 5.32 Å². The molecule has 4 nitrogen and oxygen atoms in total. The lowest BCUT2D eigenvalue weighted by Gasteiger charge is -1.98. The Morgan fingerprint density at radius 3 is 3.00 bits per heavy atom. The van der Waals surface area contributed by atoms with Gasteiger partial charge in [-0.15, -0.1) is 11.3 Å². The largest absolute Gasteiger partial charge is 0.361 e. The molecule has 0 aliphatic carbocycles. The summed E-state index contributed by atoms with van der Waals surface area (Å²) in [5.74, 6) is 0.625. The molecule has 2 rings (SSSR count). The highest BCUT2D eigenvalue weighted by Crippen LogP contribution is 2.18. The minimum atomic E-state index is 0.417. The fourth-order valence-corrected chi connectivity index (χ4v) is 2.02. The van der Waals surface area contributed by atoms with Crippen LogP contribution >= 0.6 is 34.7 Å². The fourth-order valence-electron chi connectivity index (χ4n) is 0.782. The molecule has 2 heterocycles. The minimum Gasteiger partial charge on any atom is -0.361 e. The Balaban J connectivity index is 1.97. The van der Waals surface area contributed by atoms with E-state index in [4.69, 9.17) is 11.6 Å². The van der Waals surface area contributed by atoms with E-state index in [0.717, 1.165) is 17.4 Å². The summed E-state index contributed by atoms with van der Waals surface area (Å²) in [7, 11) is 0. The summed E-state index contributed by atoms with van der Waals surface area (Å²) < 4.78 is 7.81. The molecular formula is C6H5ClN4S2. The van der Waals surface area contributed by atoms with Crippen molar-refractivity contribution in [2.24, 2.45) is 0 Å². The molecule has 0 fully saturated rings. The number of anilines is 1. The van der Waals surface area contributed by atoms with Crippen LogP contribution in [-0.4, -0.2) is 13.7 Å². The molecular weight excluding hydrogens is 228 g/mol. The molecule has 0 spiro atoms. The summed E-state index contributed by atoms with van der Waals surface area (Å²) >= 11 is 8.39. The van der Waals surface area contributed by atoms with E-state index < -0.39 is 0 Å². The smallest absolute Gasteiger partial charge is 0.186 e. The van der Waals surface area contributed by atoms with Crippen molar-refractivity contribution in [1.29, 1.82) is 0 Å². The van der Waals surface area contributed by atoms with E-state index >= 15 is 0 Å². The van der Waals surface area contributed by atoms with Crippen LogP contribution in [0.5, 0.6) is 0 Å². The first kappa shape index (κ1) is 8.86. The van der Waals surface area contributed by atoms with E-state index in [1.807, 2.05) is 5.38 Å². The van der Waals surface area contributed by atoms with Gasteiger partial charge >= 0.3 is 0 Å². The van der Waals surface area contributed by atoms with Crippen LogP contribution in [0.2, 0.25) is 5.15 Å². The Hall–Kier alpha value is -0.720. The second-order valence-electron chi connectivity index (χ2n) is 2.24. The Morgan fingerprint density at radius 2 is 2.38 bits per heavy atom. The van der Waals surface area contributed by atoms with Gasteiger partial charge in [0.2, 0.25) is 0 Å². The normalized spacial score (nSPS) is 10.2. The van der Waals surface area contributed by atoms with Crippen LogP contribution in [0.25, 0.3) is 0 Å². The molecule has 0 radical (unpaired) electrons. The van der Waals surface area contributed by atoms with Gasteiger partial charge < -0.3 is 5.32 Å². The second-order valence-corrected chi connectivity index (χ2v) is 3.84. The number of nitrogens with zero attached hydrogens (tertiary/aromatic N) is 3. The van der Waals surface area contributed by atoms with E-state index in [1.54, 1.807) is 16.8 Å². The second kappa shape index (κ2) is 3.99. The van der Waals surface area contributed by atoms with E-state index in [1.165, 1.54) is 0 Å². The van der Waals surface area contributed by atoms with Crippen LogP contribution in [-0.2, 0) is 6.54 Å². The molecule has 0 bridgehead atoms. The number of aromatic nitrogens is 3. The molecule has 0 saturated heterocycles. The first-order valence-electron chi connectivity index (χ1n) is 3.45. The van der Waals surface area contributed by atoms with Crippen molar-refractivity contribution in [1.82, 2.24) is 13.7 Å². The quantitative estimate of drug-likeness (QED) is 0.882. The molecule has 13 heavy (non-hydrogen) atoms. The van der Waals surface area contributed by atoms with Gasteiger partial charge in [0, 0.05) is 5.38 Å². The zero-order valence-electron chi connectivity index (χ0n) is 6.40. The van der Waals surface area contributed by atoms with Crippen LogP contribution in [0.4, 0.5) is 5.82 Å². The van der Waals surface area contributed by atoms with Crippen LogP contribution in [0, 0.1) is 0 Å². The average molecular weight is 233 g/mol. The van der Waals surface area contributed by atoms with Gasteiger partial charge in [0.05, 0.1) is 29.5 Å². The van der Waals surface area contributed by atoms with Gasteiger partial charge in [-0.3, -0.25) is 0 Å². The highest BCUT2D eigenvalue weighted by molar-refractivity contribution is 7.07. The molecule has 68 valence electrons. The van der Waals surface area contributed by atoms with Gasteiger partial charge in [-0.25, -0.2) is 4.98 Å². The first-order chi connectivity index (χ1) is 6.36. The third-order valence-corrected chi connectivity index (χ3v) is 2.90. The Bertz CT molecular complexity index is 372. The number of rotatable bonds is 3. The summed E-state index contributed by atoms with van der Waals surface area (Å²) in [6, 6.07) is 0. The van der Waals surface area contributed by atoms with Gasteiger partial charge in [0.1, 0.15) is 0 Å². The molecule has 0 aliphatic rings. The highest BCUT2D eigenvalue weighted by atomic mass is 35.5. The maximum atomic E-state index is 5.74. The summed E-state index contributed by atoms with van der Waals surface area (Å²) in [5, 5.41) is 5.43. The summed E-state index contributed by atoms with van der Waals surface area (Å²) in [6.45, 7) is 0.634. The number of halogens is 1. The monoisotopic (exact) mass is 232 g/mol. The van der Waals surface area contributed by atoms with Crippen molar-refractivity contribution >= 4 is 40.5 Å². The minimum absolute atomic E-state index is 0.417. The van der Waals surface area contributed by atoms with Gasteiger partial charge in [-0.05, 0) is 0 Å². The maximum absolute atomic E-state index is 5.74. The SMILES string of the molecule is Clc1nsnc1NCc1cscn1. The van der Waals surface area contributed by atoms with Gasteiger partial charge in [-0.1, -0.05) is 11.6 Å². The fraction of sp³-hybridized carbons (Fsp3) is 0.167. The van der Waals surface area contributed by atoms with Crippen LogP contribution in [0.15, 0.2) is 10.9 Å². The molecule has 0 unspecified atom stereocenters. The third-order valence-electron chi connectivity index (χ3n) is 1.37. The van der Waals surface area contributed by atoms with Crippen LogP contribution < -0.4 is 5.32 Å². The van der Waals surface area contributed by atoms with Crippen molar-refractivity contribution in [3.05, 3.63) is 21.7 Å². The topological polar surface area (TPSA) is 50.7 Å². The molecule has 2 aromatic rings. The molecule has 2 aromatic heterocycles. The predicted molar refractivity (Wildman–Crippen MR) is 54.4 cm³/mol. The lowest BCUT2D eigenvalue weighted by atomic mass is 10.5. The number of hydrogen-bond donors (Lipinski definition) is 1.